The zero-order chi connectivity index (χ0) is 18.4. The molecule has 0 amide bonds. The Morgan fingerprint density at radius 3 is 2.54 bits per heavy atom. The molecule has 1 heterocycles. The summed E-state index contributed by atoms with van der Waals surface area (Å²) in [5, 5.41) is 7.14. The van der Waals surface area contributed by atoms with Crippen molar-refractivity contribution in [1.82, 2.24) is 10.2 Å². The molecule has 0 spiro atoms. The van der Waals surface area contributed by atoms with Gasteiger partial charge >= 0.3 is 0 Å². The summed E-state index contributed by atoms with van der Waals surface area (Å²) in [6, 6.07) is 14.8. The molecular formula is C20H24FN3OS. The second-order valence-electron chi connectivity index (χ2n) is 6.37. The molecule has 1 aliphatic rings. The topological polar surface area (TPSA) is 36.5 Å². The second kappa shape index (κ2) is 9.07. The van der Waals surface area contributed by atoms with E-state index in [9.17, 15) is 4.39 Å². The number of morpholine rings is 1. The summed E-state index contributed by atoms with van der Waals surface area (Å²) >= 11 is 5.46. The molecule has 2 aromatic carbocycles. The molecule has 2 aromatic rings. The third kappa shape index (κ3) is 5.00. The fourth-order valence-electron chi connectivity index (χ4n) is 3.10. The lowest BCUT2D eigenvalue weighted by Crippen LogP contribution is -2.44. The lowest BCUT2D eigenvalue weighted by molar-refractivity contribution is 0.0170. The SMILES string of the molecule is Cc1ccccc1NC(=S)NCC(c1ccc(F)cc1)N1CCOCC1. The van der Waals surface area contributed by atoms with Crippen LogP contribution in [0.5, 0.6) is 0 Å². The van der Waals surface area contributed by atoms with Gasteiger partial charge in [0.2, 0.25) is 0 Å². The van der Waals surface area contributed by atoms with E-state index in [-0.39, 0.29) is 11.9 Å². The van der Waals surface area contributed by atoms with E-state index in [1.807, 2.05) is 43.3 Å². The maximum atomic E-state index is 13.3. The van der Waals surface area contributed by atoms with E-state index < -0.39 is 0 Å². The third-order valence-corrected chi connectivity index (χ3v) is 4.84. The molecule has 26 heavy (non-hydrogen) atoms. The molecule has 0 saturated carbocycles. The van der Waals surface area contributed by atoms with Gasteiger partial charge in [0.15, 0.2) is 5.11 Å². The smallest absolute Gasteiger partial charge is 0.170 e. The first-order valence-electron chi connectivity index (χ1n) is 8.81. The van der Waals surface area contributed by atoms with Gasteiger partial charge in [0.05, 0.1) is 19.3 Å². The molecule has 0 aliphatic carbocycles. The Labute approximate surface area is 159 Å². The van der Waals surface area contributed by atoms with E-state index in [0.29, 0.717) is 24.9 Å². The van der Waals surface area contributed by atoms with E-state index in [2.05, 4.69) is 15.5 Å². The summed E-state index contributed by atoms with van der Waals surface area (Å²) in [6.07, 6.45) is 0. The summed E-state index contributed by atoms with van der Waals surface area (Å²) in [5.74, 6) is -0.223. The van der Waals surface area contributed by atoms with Crippen LogP contribution in [0.1, 0.15) is 17.2 Å². The summed E-state index contributed by atoms with van der Waals surface area (Å²) in [5.41, 5.74) is 3.20. The number of nitrogens with one attached hydrogen (secondary N) is 2. The predicted octanol–water partition coefficient (Wildman–Crippen LogP) is 3.49. The zero-order valence-electron chi connectivity index (χ0n) is 14.9. The Morgan fingerprint density at radius 1 is 1.15 bits per heavy atom. The van der Waals surface area contributed by atoms with Crippen molar-refractivity contribution >= 4 is 23.0 Å². The first-order chi connectivity index (χ1) is 12.6. The number of anilines is 1. The lowest BCUT2D eigenvalue weighted by Gasteiger charge is -2.35. The summed E-state index contributed by atoms with van der Waals surface area (Å²) in [6.45, 7) is 5.81. The number of rotatable bonds is 5. The number of benzene rings is 2. The fraction of sp³-hybridized carbons (Fsp3) is 0.350. The van der Waals surface area contributed by atoms with Crippen LogP contribution < -0.4 is 10.6 Å². The van der Waals surface area contributed by atoms with Gasteiger partial charge in [0.25, 0.3) is 0 Å². The highest BCUT2D eigenvalue weighted by Crippen LogP contribution is 2.22. The van der Waals surface area contributed by atoms with E-state index >= 15 is 0 Å². The lowest BCUT2D eigenvalue weighted by atomic mass is 10.0. The van der Waals surface area contributed by atoms with Crippen molar-refractivity contribution in [3.63, 3.8) is 0 Å². The molecule has 2 N–H and O–H groups in total. The van der Waals surface area contributed by atoms with Crippen LogP contribution in [0.3, 0.4) is 0 Å². The Hall–Kier alpha value is -2.02. The number of aryl methyl sites for hydroxylation is 1. The highest BCUT2D eigenvalue weighted by molar-refractivity contribution is 7.80. The summed E-state index contributed by atoms with van der Waals surface area (Å²) in [4.78, 5) is 2.35. The molecule has 1 atom stereocenters. The van der Waals surface area contributed by atoms with E-state index in [0.717, 1.165) is 29.9 Å². The Balaban J connectivity index is 1.66. The number of para-hydroxylation sites is 1. The quantitative estimate of drug-likeness (QED) is 0.785. The van der Waals surface area contributed by atoms with Gasteiger partial charge in [-0.1, -0.05) is 30.3 Å². The molecule has 0 aromatic heterocycles. The van der Waals surface area contributed by atoms with E-state index in [1.165, 1.54) is 12.1 Å². The normalized spacial score (nSPS) is 16.1. The monoisotopic (exact) mass is 373 g/mol. The first-order valence-corrected chi connectivity index (χ1v) is 9.22. The summed E-state index contributed by atoms with van der Waals surface area (Å²) in [7, 11) is 0. The number of halogens is 1. The van der Waals surface area contributed by atoms with Crippen molar-refractivity contribution < 1.29 is 9.13 Å². The zero-order valence-corrected chi connectivity index (χ0v) is 15.7. The van der Waals surface area contributed by atoms with Crippen LogP contribution >= 0.6 is 12.2 Å². The van der Waals surface area contributed by atoms with Gasteiger partial charge in [0.1, 0.15) is 5.82 Å². The standard InChI is InChI=1S/C20H24FN3OS/c1-15-4-2-3-5-18(15)23-20(26)22-14-19(24-10-12-25-13-11-24)16-6-8-17(21)9-7-16/h2-9,19H,10-14H2,1H3,(H2,22,23,26). The Bertz CT molecular complexity index is 732. The molecule has 0 radical (unpaired) electrons. The molecule has 4 nitrogen and oxygen atoms in total. The molecule has 0 bridgehead atoms. The van der Waals surface area contributed by atoms with Crippen molar-refractivity contribution in [2.45, 2.75) is 13.0 Å². The molecule has 6 heteroatoms. The van der Waals surface area contributed by atoms with Crippen LogP contribution in [-0.2, 0) is 4.74 Å². The average Bonchev–Trinajstić information content (AvgIpc) is 2.66. The van der Waals surface area contributed by atoms with Crippen molar-refractivity contribution in [2.75, 3.05) is 38.2 Å². The largest absolute Gasteiger partial charge is 0.379 e. The van der Waals surface area contributed by atoms with Crippen molar-refractivity contribution in [1.29, 1.82) is 0 Å². The minimum Gasteiger partial charge on any atom is -0.379 e. The number of hydrogen-bond acceptors (Lipinski definition) is 3. The van der Waals surface area contributed by atoms with Gasteiger partial charge in [0, 0.05) is 25.3 Å². The molecular weight excluding hydrogens is 349 g/mol. The minimum absolute atomic E-state index is 0.108. The van der Waals surface area contributed by atoms with Crippen LogP contribution in [-0.4, -0.2) is 42.9 Å². The van der Waals surface area contributed by atoms with Gasteiger partial charge in [-0.15, -0.1) is 0 Å². The molecule has 1 fully saturated rings. The third-order valence-electron chi connectivity index (χ3n) is 4.59. The van der Waals surface area contributed by atoms with Gasteiger partial charge in [-0.2, -0.15) is 0 Å². The van der Waals surface area contributed by atoms with Crippen molar-refractivity contribution in [2.24, 2.45) is 0 Å². The molecule has 1 saturated heterocycles. The van der Waals surface area contributed by atoms with Crippen LogP contribution in [0.2, 0.25) is 0 Å². The molecule has 1 aliphatic heterocycles. The molecule has 3 rings (SSSR count). The highest BCUT2D eigenvalue weighted by atomic mass is 32.1. The molecule has 138 valence electrons. The van der Waals surface area contributed by atoms with Gasteiger partial charge in [-0.05, 0) is 48.5 Å². The van der Waals surface area contributed by atoms with Crippen LogP contribution in [0.4, 0.5) is 10.1 Å². The van der Waals surface area contributed by atoms with Crippen LogP contribution in [0.15, 0.2) is 48.5 Å². The maximum absolute atomic E-state index is 13.3. The highest BCUT2D eigenvalue weighted by Gasteiger charge is 2.22. The van der Waals surface area contributed by atoms with Gasteiger partial charge in [-0.3, -0.25) is 4.90 Å². The number of hydrogen-bond donors (Lipinski definition) is 2. The number of ether oxygens (including phenoxy) is 1. The Kier molecular flexibility index (Phi) is 6.55. The first kappa shape index (κ1) is 18.8. The number of nitrogens with zero attached hydrogens (tertiary/aromatic N) is 1. The number of thiocarbonyl (C=S) groups is 1. The molecule has 1 unspecified atom stereocenters. The van der Waals surface area contributed by atoms with E-state index in [1.54, 1.807) is 0 Å². The second-order valence-corrected chi connectivity index (χ2v) is 6.77. The maximum Gasteiger partial charge on any atom is 0.170 e. The van der Waals surface area contributed by atoms with Crippen molar-refractivity contribution in [3.8, 4) is 0 Å². The summed E-state index contributed by atoms with van der Waals surface area (Å²) < 4.78 is 18.8. The average molecular weight is 373 g/mol. The van der Waals surface area contributed by atoms with Crippen LogP contribution in [0, 0.1) is 12.7 Å². The predicted molar refractivity (Wildman–Crippen MR) is 107 cm³/mol. The van der Waals surface area contributed by atoms with Crippen LogP contribution in [0.25, 0.3) is 0 Å². The van der Waals surface area contributed by atoms with Gasteiger partial charge in [-0.25, -0.2) is 4.39 Å². The minimum atomic E-state index is -0.223. The van der Waals surface area contributed by atoms with Crippen molar-refractivity contribution in [3.05, 3.63) is 65.5 Å². The fourth-order valence-corrected chi connectivity index (χ4v) is 3.29. The van der Waals surface area contributed by atoms with E-state index in [4.69, 9.17) is 17.0 Å². The Morgan fingerprint density at radius 2 is 1.85 bits per heavy atom. The van der Waals surface area contributed by atoms with Gasteiger partial charge < -0.3 is 15.4 Å².